The molecule has 1 N–H and O–H groups in total. The fraction of sp³-hybridized carbons (Fsp3) is 0.472. The molecule has 1 aliphatic heterocycles. The van der Waals surface area contributed by atoms with Crippen LogP contribution in [-0.2, 0) is 9.47 Å². The lowest BCUT2D eigenvalue weighted by Crippen LogP contribution is -2.41. The summed E-state index contributed by atoms with van der Waals surface area (Å²) >= 11 is 0. The molecule has 0 aliphatic carbocycles. The lowest BCUT2D eigenvalue weighted by atomic mass is 9.94. The summed E-state index contributed by atoms with van der Waals surface area (Å²) in [6.45, 7) is 24.4. The fourth-order valence-corrected chi connectivity index (χ4v) is 4.99. The Bertz CT molecular complexity index is 1580. The molecule has 0 saturated carbocycles. The number of nitrogens with zero attached hydrogens (tertiary/aromatic N) is 6. The highest BCUT2D eigenvalue weighted by Crippen LogP contribution is 2.32. The Morgan fingerprint density at radius 1 is 1.00 bits per heavy atom. The first-order chi connectivity index (χ1) is 22.2. The second-order valence-electron chi connectivity index (χ2n) is 12.9. The van der Waals surface area contributed by atoms with Crippen LogP contribution in [-0.4, -0.2) is 67.0 Å². The number of hydrogen-bond acceptors (Lipinski definition) is 7. The van der Waals surface area contributed by atoms with E-state index in [9.17, 15) is 9.59 Å². The number of piperidine rings is 1. The molecule has 47 heavy (non-hydrogen) atoms. The molecule has 0 bridgehead atoms. The van der Waals surface area contributed by atoms with Crippen LogP contribution >= 0.6 is 0 Å². The number of carbonyl (C=O) groups excluding carboxylic acids is 2. The van der Waals surface area contributed by atoms with Gasteiger partial charge in [0.2, 0.25) is 0 Å². The van der Waals surface area contributed by atoms with Gasteiger partial charge in [0, 0.05) is 43.1 Å². The number of rotatable bonds is 8. The highest BCUT2D eigenvalue weighted by Gasteiger charge is 2.30. The van der Waals surface area contributed by atoms with E-state index in [0.29, 0.717) is 36.0 Å². The quantitative estimate of drug-likeness (QED) is 0.194. The number of benzene rings is 1. The maximum absolute atomic E-state index is 13.6. The standard InChI is InChI=1S/C34H45N7O4.C2H6/c1-10-18-40-30(35-11-2)27(22-36-40)31(42)37-29-21-28(25-16-19-39(20-17-25)32(43)45-34(7,8)9)38-41(29)26-14-12-24(13-15-26)23(3)44-33(4,5)6;1-2/h10-15,18,21-22,25H,3,16-17,19-20H2,1-2,4-9H3,(H,37,42);1-2H3/b18-10-,35-11-;. The predicted octanol–water partition coefficient (Wildman–Crippen LogP) is 8.46. The monoisotopic (exact) mass is 645 g/mol. The number of allylic oxidation sites excluding steroid dienone is 1. The Labute approximate surface area is 279 Å². The zero-order chi connectivity index (χ0) is 34.9. The molecule has 11 heteroatoms. The predicted molar refractivity (Wildman–Crippen MR) is 190 cm³/mol. The summed E-state index contributed by atoms with van der Waals surface area (Å²) in [6, 6.07) is 9.58. The molecule has 3 heterocycles. The van der Waals surface area contributed by atoms with E-state index in [1.54, 1.807) is 33.6 Å². The van der Waals surface area contributed by atoms with Crippen molar-refractivity contribution in [3.63, 3.8) is 0 Å². The smallest absolute Gasteiger partial charge is 0.410 e. The summed E-state index contributed by atoms with van der Waals surface area (Å²) in [4.78, 5) is 32.4. The number of hydrogen-bond donors (Lipinski definition) is 1. The minimum absolute atomic E-state index is 0.0949. The average Bonchev–Trinajstić information content (AvgIpc) is 3.61. The molecule has 2 amide bonds. The van der Waals surface area contributed by atoms with Gasteiger partial charge >= 0.3 is 6.09 Å². The molecule has 0 radical (unpaired) electrons. The topological polar surface area (TPSA) is 116 Å². The zero-order valence-corrected chi connectivity index (χ0v) is 29.6. The van der Waals surface area contributed by atoms with Gasteiger partial charge in [-0.1, -0.05) is 26.5 Å². The van der Waals surface area contributed by atoms with Gasteiger partial charge in [-0.15, -0.1) is 0 Å². The summed E-state index contributed by atoms with van der Waals surface area (Å²) in [5, 5.41) is 12.3. The lowest BCUT2D eigenvalue weighted by molar-refractivity contribution is 0.0203. The van der Waals surface area contributed by atoms with Crippen molar-refractivity contribution in [1.29, 1.82) is 0 Å². The van der Waals surface area contributed by atoms with Crippen LogP contribution in [0.5, 0.6) is 0 Å². The Balaban J connectivity index is 0.00000294. The van der Waals surface area contributed by atoms with Crippen molar-refractivity contribution in [3.8, 4) is 5.69 Å². The molecule has 0 unspecified atom stereocenters. The highest BCUT2D eigenvalue weighted by molar-refractivity contribution is 6.07. The molecular weight excluding hydrogens is 594 g/mol. The Kier molecular flexibility index (Phi) is 12.3. The first kappa shape index (κ1) is 36.8. The van der Waals surface area contributed by atoms with Crippen molar-refractivity contribution in [3.05, 3.63) is 66.0 Å². The molecule has 2 aromatic heterocycles. The van der Waals surface area contributed by atoms with Crippen LogP contribution < -0.4 is 5.32 Å². The largest absolute Gasteiger partial charge is 0.488 e. The molecule has 11 nitrogen and oxygen atoms in total. The molecule has 1 aliphatic rings. The van der Waals surface area contributed by atoms with Gasteiger partial charge in [-0.3, -0.25) is 4.79 Å². The van der Waals surface area contributed by atoms with Crippen LogP contribution in [0.3, 0.4) is 0 Å². The maximum atomic E-state index is 13.6. The van der Waals surface area contributed by atoms with E-state index in [4.69, 9.17) is 14.6 Å². The molecule has 4 rings (SSSR count). The lowest BCUT2D eigenvalue weighted by Gasteiger charge is -2.32. The van der Waals surface area contributed by atoms with Gasteiger partial charge in [0.25, 0.3) is 5.91 Å². The van der Waals surface area contributed by atoms with E-state index in [0.717, 1.165) is 29.8 Å². The van der Waals surface area contributed by atoms with Gasteiger partial charge in [0.15, 0.2) is 5.82 Å². The second-order valence-corrected chi connectivity index (χ2v) is 12.9. The normalized spacial score (nSPS) is 14.2. The SMILES string of the molecule is C=C(OC(C)(C)C)c1ccc(-n2nc(C3CCN(C(=O)OC(C)(C)C)CC3)cc2NC(=O)c2cnn(/C=C\C)c2/N=C\C)cc1.CC. The van der Waals surface area contributed by atoms with Crippen molar-refractivity contribution in [2.24, 2.45) is 4.99 Å². The summed E-state index contributed by atoms with van der Waals surface area (Å²) < 4.78 is 14.8. The van der Waals surface area contributed by atoms with Crippen LogP contribution in [0.2, 0.25) is 0 Å². The minimum Gasteiger partial charge on any atom is -0.488 e. The van der Waals surface area contributed by atoms with Crippen molar-refractivity contribution >= 4 is 41.8 Å². The number of nitrogens with one attached hydrogen (secondary N) is 1. The minimum atomic E-state index is -0.549. The van der Waals surface area contributed by atoms with E-state index >= 15 is 0 Å². The van der Waals surface area contributed by atoms with Crippen molar-refractivity contribution in [2.75, 3.05) is 18.4 Å². The van der Waals surface area contributed by atoms with Gasteiger partial charge in [-0.2, -0.15) is 10.2 Å². The van der Waals surface area contributed by atoms with Crippen molar-refractivity contribution in [1.82, 2.24) is 24.5 Å². The third-order valence-corrected chi connectivity index (χ3v) is 6.95. The average molecular weight is 646 g/mol. The fourth-order valence-electron chi connectivity index (χ4n) is 4.99. The van der Waals surface area contributed by atoms with Crippen LogP contribution in [0.15, 0.2) is 54.2 Å². The highest BCUT2D eigenvalue weighted by atomic mass is 16.6. The molecule has 1 fully saturated rings. The summed E-state index contributed by atoms with van der Waals surface area (Å²) in [5.74, 6) is 1.24. The van der Waals surface area contributed by atoms with Crippen molar-refractivity contribution < 1.29 is 19.1 Å². The molecule has 254 valence electrons. The summed E-state index contributed by atoms with van der Waals surface area (Å²) in [5.41, 5.74) is 1.84. The van der Waals surface area contributed by atoms with E-state index < -0.39 is 5.60 Å². The summed E-state index contributed by atoms with van der Waals surface area (Å²) in [6.07, 6.45) is 7.82. The molecule has 1 saturated heterocycles. The Hall–Kier alpha value is -4.67. The number of anilines is 1. The molecular formula is C36H51N7O4. The van der Waals surface area contributed by atoms with E-state index in [-0.39, 0.29) is 23.5 Å². The van der Waals surface area contributed by atoms with Gasteiger partial charge in [0.1, 0.15) is 28.3 Å². The molecule has 0 atom stereocenters. The van der Waals surface area contributed by atoms with Gasteiger partial charge < -0.3 is 19.7 Å². The Morgan fingerprint density at radius 2 is 1.62 bits per heavy atom. The van der Waals surface area contributed by atoms with E-state index in [2.05, 4.69) is 22.0 Å². The van der Waals surface area contributed by atoms with Crippen LogP contribution in [0.25, 0.3) is 17.6 Å². The number of likely N-dealkylation sites (tertiary alicyclic amines) is 1. The molecule has 1 aromatic carbocycles. The van der Waals surface area contributed by atoms with Crippen LogP contribution in [0.4, 0.5) is 16.4 Å². The first-order valence-corrected chi connectivity index (χ1v) is 16.3. The van der Waals surface area contributed by atoms with E-state index in [1.165, 1.54) is 6.20 Å². The van der Waals surface area contributed by atoms with Crippen LogP contribution in [0.1, 0.15) is 110 Å². The van der Waals surface area contributed by atoms with Crippen LogP contribution in [0, 0.1) is 0 Å². The molecule has 0 spiro atoms. The van der Waals surface area contributed by atoms with Gasteiger partial charge in [-0.25, -0.2) is 19.2 Å². The number of carbonyl (C=O) groups is 2. The first-order valence-electron chi connectivity index (χ1n) is 16.3. The van der Waals surface area contributed by atoms with Gasteiger partial charge in [-0.05, 0) is 92.5 Å². The van der Waals surface area contributed by atoms with Crippen molar-refractivity contribution in [2.45, 2.75) is 99.2 Å². The maximum Gasteiger partial charge on any atom is 0.410 e. The number of aromatic nitrogens is 4. The number of amides is 2. The molecule has 3 aromatic rings. The van der Waals surface area contributed by atoms with E-state index in [1.807, 2.05) is 98.7 Å². The third-order valence-electron chi connectivity index (χ3n) is 6.95. The van der Waals surface area contributed by atoms with Gasteiger partial charge in [0.05, 0.1) is 17.6 Å². The summed E-state index contributed by atoms with van der Waals surface area (Å²) in [7, 11) is 0. The third kappa shape index (κ3) is 9.91. The number of ether oxygens (including phenoxy) is 2. The Morgan fingerprint density at radius 3 is 2.17 bits per heavy atom. The second kappa shape index (κ2) is 15.8. The zero-order valence-electron chi connectivity index (χ0n) is 29.6. The number of aliphatic imine (C=N–C) groups is 1.